The molecule has 0 fully saturated rings. The number of thiophene rings is 1. The van der Waals surface area contributed by atoms with Crippen molar-refractivity contribution in [3.63, 3.8) is 0 Å². The molecule has 0 atom stereocenters. The fourth-order valence-corrected chi connectivity index (χ4v) is 6.23. The molecule has 2 aromatic heterocycles. The Balaban J connectivity index is 0.00000175. The van der Waals surface area contributed by atoms with Gasteiger partial charge < -0.3 is 4.98 Å². The van der Waals surface area contributed by atoms with Crippen LogP contribution in [0.5, 0.6) is 0 Å². The van der Waals surface area contributed by atoms with E-state index in [0.29, 0.717) is 0 Å². The van der Waals surface area contributed by atoms with Gasteiger partial charge in [0.1, 0.15) is 0 Å². The van der Waals surface area contributed by atoms with Crippen molar-refractivity contribution in [2.75, 3.05) is 0 Å². The summed E-state index contributed by atoms with van der Waals surface area (Å²) in [5.74, 6) is 0. The third-order valence-corrected chi connectivity index (χ3v) is 7.40. The number of hydrogen-bond acceptors (Lipinski definition) is 1. The Morgan fingerprint density at radius 1 is 0.690 bits per heavy atom. The molecule has 7 rings (SSSR count). The van der Waals surface area contributed by atoms with Crippen LogP contribution in [0.1, 0.15) is 18.3 Å². The van der Waals surface area contributed by atoms with Crippen LogP contribution in [0.25, 0.3) is 65.6 Å². The number of nitrogens with one attached hydrogen (secondary N) is 1. The molecule has 0 amide bonds. The molecule has 0 spiro atoms. The molecule has 1 nitrogen and oxygen atoms in total. The lowest BCUT2D eigenvalue weighted by Gasteiger charge is -2.09. The lowest BCUT2D eigenvalue weighted by Crippen LogP contribution is -1.83. The fourth-order valence-electron chi connectivity index (χ4n) is 4.95. The van der Waals surface area contributed by atoms with E-state index in [1.54, 1.807) is 0 Å². The highest BCUT2D eigenvalue weighted by Crippen LogP contribution is 2.46. The van der Waals surface area contributed by atoms with Gasteiger partial charge in [-0.3, -0.25) is 0 Å². The first-order valence-corrected chi connectivity index (χ1v) is 10.9. The van der Waals surface area contributed by atoms with Gasteiger partial charge in [-0.1, -0.05) is 72.8 Å². The molecule has 2 heterocycles. The lowest BCUT2D eigenvalue weighted by atomic mass is 9.94. The van der Waals surface area contributed by atoms with Crippen molar-refractivity contribution in [2.24, 2.45) is 0 Å². The molecule has 2 heteroatoms. The molecular weight excluding hydrogens is 370 g/mol. The van der Waals surface area contributed by atoms with E-state index >= 15 is 0 Å². The summed E-state index contributed by atoms with van der Waals surface area (Å²) in [5, 5.41) is 9.34. The van der Waals surface area contributed by atoms with Gasteiger partial charge in [-0.25, -0.2) is 0 Å². The van der Waals surface area contributed by atoms with Gasteiger partial charge >= 0.3 is 0 Å². The monoisotopic (exact) mass is 389 g/mol. The quantitative estimate of drug-likeness (QED) is 0.251. The number of aromatic nitrogens is 1. The van der Waals surface area contributed by atoms with E-state index in [1.807, 2.05) is 11.3 Å². The number of rotatable bonds is 0. The number of fused-ring (bicyclic) bond motifs is 12. The number of benzene rings is 4. The minimum atomic E-state index is 0. The maximum atomic E-state index is 3.73. The van der Waals surface area contributed by atoms with Crippen molar-refractivity contribution in [1.29, 1.82) is 0 Å². The number of allylic oxidation sites excluding steroid dienone is 2. The summed E-state index contributed by atoms with van der Waals surface area (Å²) in [4.78, 5) is 5.10. The van der Waals surface area contributed by atoms with E-state index < -0.39 is 0 Å². The van der Waals surface area contributed by atoms with Crippen molar-refractivity contribution >= 4 is 76.9 Å². The highest BCUT2D eigenvalue weighted by atomic mass is 32.1. The molecule has 29 heavy (non-hydrogen) atoms. The van der Waals surface area contributed by atoms with Gasteiger partial charge in [0.05, 0.1) is 5.52 Å². The normalized spacial score (nSPS) is 13.8. The van der Waals surface area contributed by atoms with Crippen molar-refractivity contribution in [1.82, 2.24) is 4.98 Å². The molecule has 1 aliphatic carbocycles. The Morgan fingerprint density at radius 3 is 2.38 bits per heavy atom. The van der Waals surface area contributed by atoms with Crippen LogP contribution in [0.2, 0.25) is 0 Å². The highest BCUT2D eigenvalue weighted by Gasteiger charge is 2.19. The third-order valence-electron chi connectivity index (χ3n) is 6.19. The zero-order valence-electron chi connectivity index (χ0n) is 15.7. The van der Waals surface area contributed by atoms with Gasteiger partial charge in [0, 0.05) is 49.0 Å². The highest BCUT2D eigenvalue weighted by molar-refractivity contribution is 7.21. The summed E-state index contributed by atoms with van der Waals surface area (Å²) in [6.07, 6.45) is 10.1. The van der Waals surface area contributed by atoms with E-state index in [2.05, 4.69) is 90.0 Å². The van der Waals surface area contributed by atoms with Crippen molar-refractivity contribution in [2.45, 2.75) is 6.42 Å². The third kappa shape index (κ3) is 1.99. The Kier molecular flexibility index (Phi) is 3.00. The van der Waals surface area contributed by atoms with Gasteiger partial charge in [-0.2, -0.15) is 0 Å². The summed E-state index contributed by atoms with van der Waals surface area (Å²) in [6, 6.07) is 22.1. The Bertz CT molecular complexity index is 1680. The smallest absolute Gasteiger partial charge is 0.0551 e. The van der Waals surface area contributed by atoms with Gasteiger partial charge in [-0.05, 0) is 29.3 Å². The van der Waals surface area contributed by atoms with Crippen molar-refractivity contribution in [3.8, 4) is 0 Å². The van der Waals surface area contributed by atoms with Crippen LogP contribution in [0.4, 0.5) is 0 Å². The molecule has 4 aromatic carbocycles. The Hall–Kier alpha value is -3.36. The zero-order valence-corrected chi connectivity index (χ0v) is 16.5. The predicted molar refractivity (Wildman–Crippen MR) is 131 cm³/mol. The number of aromatic amines is 1. The maximum Gasteiger partial charge on any atom is 0.0551 e. The van der Waals surface area contributed by atoms with Gasteiger partial charge in [0.15, 0.2) is 0 Å². The van der Waals surface area contributed by atoms with Crippen LogP contribution in [0.3, 0.4) is 0 Å². The maximum absolute atomic E-state index is 3.73. The minimum Gasteiger partial charge on any atom is -0.354 e. The Labute approximate surface area is 173 Å². The van der Waals surface area contributed by atoms with Crippen LogP contribution in [0, 0.1) is 0 Å². The van der Waals surface area contributed by atoms with Crippen LogP contribution in [0.15, 0.2) is 72.8 Å². The van der Waals surface area contributed by atoms with Gasteiger partial charge in [0.2, 0.25) is 0 Å². The first-order valence-electron chi connectivity index (χ1n) is 10.0. The molecule has 0 aliphatic heterocycles. The summed E-state index contributed by atoms with van der Waals surface area (Å²) in [6.45, 7) is 0. The van der Waals surface area contributed by atoms with E-state index in [4.69, 9.17) is 0 Å². The van der Waals surface area contributed by atoms with Crippen molar-refractivity contribution < 1.29 is 1.43 Å². The molecule has 0 saturated carbocycles. The van der Waals surface area contributed by atoms with Gasteiger partial charge in [-0.15, -0.1) is 11.3 Å². The fraction of sp³-hybridized carbons (Fsp3) is 0.0370. The van der Waals surface area contributed by atoms with E-state index in [1.165, 1.54) is 63.9 Å². The summed E-state index contributed by atoms with van der Waals surface area (Å²) in [5.41, 5.74) is 3.81. The largest absolute Gasteiger partial charge is 0.354 e. The lowest BCUT2D eigenvalue weighted by molar-refractivity contribution is 1.44. The standard InChI is InChI=1S/C27H17NS.H2/c1-2-11-20-23(13-3-1)29-27-19-10-5-4-9-17(19)24-21(25(20)27)15-14-18-16-8-6-7-12-22(16)28-26(18)24;/h2-15,28H,1H2;1H. The van der Waals surface area contributed by atoms with Gasteiger partial charge in [0.25, 0.3) is 0 Å². The first-order chi connectivity index (χ1) is 14.4. The molecule has 1 aliphatic rings. The summed E-state index contributed by atoms with van der Waals surface area (Å²) >= 11 is 1.92. The topological polar surface area (TPSA) is 15.8 Å². The minimum absolute atomic E-state index is 0. The number of para-hydroxylation sites is 1. The van der Waals surface area contributed by atoms with Crippen LogP contribution in [-0.2, 0) is 0 Å². The van der Waals surface area contributed by atoms with Crippen molar-refractivity contribution in [3.05, 3.63) is 83.3 Å². The Morgan fingerprint density at radius 2 is 1.45 bits per heavy atom. The zero-order chi connectivity index (χ0) is 18.9. The average molecular weight is 390 g/mol. The molecule has 1 N–H and O–H groups in total. The van der Waals surface area contributed by atoms with Crippen LogP contribution in [-0.4, -0.2) is 4.98 Å². The second kappa shape index (κ2) is 5.59. The van der Waals surface area contributed by atoms with Crippen LogP contribution >= 0.6 is 11.3 Å². The van der Waals surface area contributed by atoms with Crippen LogP contribution < -0.4 is 0 Å². The summed E-state index contributed by atoms with van der Waals surface area (Å²) < 4.78 is 1.39. The molecule has 138 valence electrons. The molecule has 0 radical (unpaired) electrons. The van der Waals surface area contributed by atoms with E-state index in [9.17, 15) is 0 Å². The molecule has 0 unspecified atom stereocenters. The van der Waals surface area contributed by atoms with E-state index in [-0.39, 0.29) is 1.43 Å². The predicted octanol–water partition coefficient (Wildman–Crippen LogP) is 8.52. The number of hydrogen-bond donors (Lipinski definition) is 1. The number of H-pyrrole nitrogens is 1. The second-order valence-electron chi connectivity index (χ2n) is 7.75. The molecule has 6 aromatic rings. The average Bonchev–Trinajstić information content (AvgIpc) is 3.24. The first kappa shape index (κ1) is 15.5. The molecule has 0 saturated heterocycles. The van der Waals surface area contributed by atoms with E-state index in [0.717, 1.165) is 6.42 Å². The SMILES string of the molecule is C1=Cc2sc3c4ccccc4c4c(ccc5c6ccccc6[nH]c54)c3c2C=CC1.[HH]. The summed E-state index contributed by atoms with van der Waals surface area (Å²) in [7, 11) is 0. The molecular formula is C27H19NS. The second-order valence-corrected chi connectivity index (χ2v) is 8.80. The molecule has 0 bridgehead atoms.